The lowest BCUT2D eigenvalue weighted by Crippen LogP contribution is -2.39. The third-order valence-corrected chi connectivity index (χ3v) is 3.95. The van der Waals surface area contributed by atoms with Gasteiger partial charge in [0.15, 0.2) is 0 Å². The standard InChI is InChI=1S/C17H37NO/c1-4-7-9-11-14-18(15-12-10-8-5-2)17(16-19)13-6-3/h17,19H,4-16H2,1-3H3. The minimum Gasteiger partial charge on any atom is -0.395 e. The Balaban J connectivity index is 4.03. The SMILES string of the molecule is CCCCCCN(CCCCCC)C(CO)CCC. The topological polar surface area (TPSA) is 23.5 Å². The lowest BCUT2D eigenvalue weighted by atomic mass is 10.1. The summed E-state index contributed by atoms with van der Waals surface area (Å²) in [5.41, 5.74) is 0. The molecule has 19 heavy (non-hydrogen) atoms. The molecule has 0 aromatic heterocycles. The maximum absolute atomic E-state index is 9.59. The Hall–Kier alpha value is -0.0800. The van der Waals surface area contributed by atoms with Crippen molar-refractivity contribution in [2.24, 2.45) is 0 Å². The molecule has 2 heteroatoms. The van der Waals surface area contributed by atoms with E-state index in [4.69, 9.17) is 0 Å². The quantitative estimate of drug-likeness (QED) is 0.466. The van der Waals surface area contributed by atoms with Gasteiger partial charge in [-0.15, -0.1) is 0 Å². The van der Waals surface area contributed by atoms with Crippen molar-refractivity contribution in [2.45, 2.75) is 91.0 Å². The molecule has 0 aliphatic rings. The van der Waals surface area contributed by atoms with E-state index in [9.17, 15) is 5.11 Å². The summed E-state index contributed by atoms with van der Waals surface area (Å²) in [5, 5.41) is 9.59. The number of nitrogens with zero attached hydrogens (tertiary/aromatic N) is 1. The molecule has 0 amide bonds. The first kappa shape index (κ1) is 18.9. The van der Waals surface area contributed by atoms with Gasteiger partial charge in [-0.2, -0.15) is 0 Å². The molecule has 0 aliphatic carbocycles. The van der Waals surface area contributed by atoms with E-state index in [1.807, 2.05) is 0 Å². The number of unbranched alkanes of at least 4 members (excludes halogenated alkanes) is 6. The van der Waals surface area contributed by atoms with Gasteiger partial charge in [0, 0.05) is 6.04 Å². The minimum atomic E-state index is 0.329. The van der Waals surface area contributed by atoms with E-state index >= 15 is 0 Å². The second-order valence-corrected chi connectivity index (χ2v) is 5.78. The zero-order valence-corrected chi connectivity index (χ0v) is 13.7. The highest BCUT2D eigenvalue weighted by atomic mass is 16.3. The second-order valence-electron chi connectivity index (χ2n) is 5.78. The third-order valence-electron chi connectivity index (χ3n) is 3.95. The highest BCUT2D eigenvalue weighted by molar-refractivity contribution is 4.71. The fourth-order valence-corrected chi connectivity index (χ4v) is 2.68. The molecule has 0 saturated heterocycles. The van der Waals surface area contributed by atoms with Crippen molar-refractivity contribution in [1.29, 1.82) is 0 Å². The van der Waals surface area contributed by atoms with Gasteiger partial charge in [0.25, 0.3) is 0 Å². The Morgan fingerprint density at radius 2 is 1.26 bits per heavy atom. The van der Waals surface area contributed by atoms with Gasteiger partial charge in [-0.3, -0.25) is 4.90 Å². The maximum atomic E-state index is 9.59. The van der Waals surface area contributed by atoms with Crippen molar-refractivity contribution >= 4 is 0 Å². The highest BCUT2D eigenvalue weighted by Crippen LogP contribution is 2.12. The normalized spacial score (nSPS) is 13.1. The predicted octanol–water partition coefficient (Wildman–Crippen LogP) is 4.61. The Morgan fingerprint density at radius 1 is 0.737 bits per heavy atom. The minimum absolute atomic E-state index is 0.329. The van der Waals surface area contributed by atoms with Gasteiger partial charge >= 0.3 is 0 Å². The Labute approximate surface area is 121 Å². The van der Waals surface area contributed by atoms with E-state index in [0.29, 0.717) is 12.6 Å². The molecule has 2 nitrogen and oxygen atoms in total. The van der Waals surface area contributed by atoms with Crippen LogP contribution in [-0.4, -0.2) is 35.7 Å². The summed E-state index contributed by atoms with van der Waals surface area (Å²) in [6.45, 7) is 9.42. The molecule has 0 bridgehead atoms. The molecule has 0 rings (SSSR count). The maximum Gasteiger partial charge on any atom is 0.0586 e. The van der Waals surface area contributed by atoms with Crippen molar-refractivity contribution in [1.82, 2.24) is 4.90 Å². The Kier molecular flexibility index (Phi) is 14.3. The van der Waals surface area contributed by atoms with Crippen LogP contribution >= 0.6 is 0 Å². The summed E-state index contributed by atoms with van der Waals surface area (Å²) in [5.74, 6) is 0. The van der Waals surface area contributed by atoms with Gasteiger partial charge < -0.3 is 5.11 Å². The summed E-state index contributed by atoms with van der Waals surface area (Å²) in [4.78, 5) is 2.55. The van der Waals surface area contributed by atoms with Crippen LogP contribution in [0.1, 0.15) is 85.0 Å². The van der Waals surface area contributed by atoms with Crippen LogP contribution in [0.3, 0.4) is 0 Å². The van der Waals surface area contributed by atoms with Crippen molar-refractivity contribution in [3.63, 3.8) is 0 Å². The van der Waals surface area contributed by atoms with Crippen LogP contribution in [0.5, 0.6) is 0 Å². The van der Waals surface area contributed by atoms with E-state index in [-0.39, 0.29) is 0 Å². The van der Waals surface area contributed by atoms with Gasteiger partial charge in [-0.25, -0.2) is 0 Å². The smallest absolute Gasteiger partial charge is 0.0586 e. The number of aliphatic hydroxyl groups excluding tert-OH is 1. The van der Waals surface area contributed by atoms with Crippen molar-refractivity contribution in [3.8, 4) is 0 Å². The highest BCUT2D eigenvalue weighted by Gasteiger charge is 2.15. The van der Waals surface area contributed by atoms with Crippen LogP contribution in [0, 0.1) is 0 Å². The fourth-order valence-electron chi connectivity index (χ4n) is 2.68. The fraction of sp³-hybridized carbons (Fsp3) is 1.00. The number of hydrogen-bond acceptors (Lipinski definition) is 2. The molecule has 0 spiro atoms. The molecule has 1 atom stereocenters. The number of rotatable bonds is 14. The lowest BCUT2D eigenvalue weighted by molar-refractivity contribution is 0.111. The predicted molar refractivity (Wildman–Crippen MR) is 85.6 cm³/mol. The Morgan fingerprint density at radius 3 is 1.63 bits per heavy atom. The summed E-state index contributed by atoms with van der Waals surface area (Å²) in [6.07, 6.45) is 12.9. The number of hydrogen-bond donors (Lipinski definition) is 1. The third kappa shape index (κ3) is 10.4. The molecule has 0 aromatic rings. The van der Waals surface area contributed by atoms with Gasteiger partial charge in [0.2, 0.25) is 0 Å². The van der Waals surface area contributed by atoms with Crippen LogP contribution in [-0.2, 0) is 0 Å². The lowest BCUT2D eigenvalue weighted by Gasteiger charge is -2.30. The van der Waals surface area contributed by atoms with Gasteiger partial charge in [0.1, 0.15) is 0 Å². The molecule has 0 heterocycles. The van der Waals surface area contributed by atoms with Crippen LogP contribution in [0.15, 0.2) is 0 Å². The largest absolute Gasteiger partial charge is 0.395 e. The first-order chi connectivity index (χ1) is 9.29. The van der Waals surface area contributed by atoms with Gasteiger partial charge in [-0.1, -0.05) is 65.7 Å². The summed E-state index contributed by atoms with van der Waals surface area (Å²) >= 11 is 0. The summed E-state index contributed by atoms with van der Waals surface area (Å²) < 4.78 is 0. The molecule has 0 fully saturated rings. The van der Waals surface area contributed by atoms with Crippen molar-refractivity contribution in [3.05, 3.63) is 0 Å². The van der Waals surface area contributed by atoms with Crippen LogP contribution in [0.25, 0.3) is 0 Å². The molecule has 1 N–H and O–H groups in total. The molecule has 0 radical (unpaired) electrons. The average Bonchev–Trinajstić information content (AvgIpc) is 2.43. The van der Waals surface area contributed by atoms with E-state index in [0.717, 1.165) is 6.42 Å². The molecule has 0 aliphatic heterocycles. The summed E-state index contributed by atoms with van der Waals surface area (Å²) in [7, 11) is 0. The molecule has 1 unspecified atom stereocenters. The Bertz CT molecular complexity index is 161. The van der Waals surface area contributed by atoms with Gasteiger partial charge in [0.05, 0.1) is 6.61 Å². The molecule has 0 saturated carbocycles. The van der Waals surface area contributed by atoms with Crippen LogP contribution < -0.4 is 0 Å². The van der Waals surface area contributed by atoms with E-state index in [1.165, 1.54) is 70.9 Å². The van der Waals surface area contributed by atoms with E-state index in [1.54, 1.807) is 0 Å². The van der Waals surface area contributed by atoms with Crippen LogP contribution in [0.2, 0.25) is 0 Å². The van der Waals surface area contributed by atoms with Gasteiger partial charge in [-0.05, 0) is 32.4 Å². The second kappa shape index (κ2) is 14.3. The molecular weight excluding hydrogens is 234 g/mol. The van der Waals surface area contributed by atoms with Crippen LogP contribution in [0.4, 0.5) is 0 Å². The zero-order chi connectivity index (χ0) is 14.3. The molecule has 0 aromatic carbocycles. The monoisotopic (exact) mass is 271 g/mol. The first-order valence-corrected chi connectivity index (χ1v) is 8.64. The van der Waals surface area contributed by atoms with E-state index in [2.05, 4.69) is 25.7 Å². The first-order valence-electron chi connectivity index (χ1n) is 8.64. The van der Waals surface area contributed by atoms with E-state index < -0.39 is 0 Å². The van der Waals surface area contributed by atoms with Crippen molar-refractivity contribution < 1.29 is 5.11 Å². The summed E-state index contributed by atoms with van der Waals surface area (Å²) in [6, 6.07) is 0.397. The number of aliphatic hydroxyl groups is 1. The molecular formula is C17H37NO. The zero-order valence-electron chi connectivity index (χ0n) is 13.7. The van der Waals surface area contributed by atoms with Crippen molar-refractivity contribution in [2.75, 3.05) is 19.7 Å². The molecule has 116 valence electrons. The average molecular weight is 271 g/mol.